The highest BCUT2D eigenvalue weighted by Crippen LogP contribution is 2.52. The smallest absolute Gasteiger partial charge is 0.00526 e. The van der Waals surface area contributed by atoms with Crippen molar-refractivity contribution in [2.24, 2.45) is 5.41 Å². The minimum absolute atomic E-state index is 0.611. The summed E-state index contributed by atoms with van der Waals surface area (Å²) in [5.74, 6) is 0.757. The quantitative estimate of drug-likeness (QED) is 0.722. The van der Waals surface area contributed by atoms with Gasteiger partial charge in [0.1, 0.15) is 0 Å². The molecule has 1 saturated heterocycles. The number of likely N-dealkylation sites (tertiary alicyclic amines) is 1. The lowest BCUT2D eigenvalue weighted by Gasteiger charge is -2.50. The number of nitrogens with zero attached hydrogens (tertiary/aromatic N) is 1. The van der Waals surface area contributed by atoms with E-state index in [1.54, 1.807) is 5.56 Å². The third-order valence-electron chi connectivity index (χ3n) is 5.55. The molecule has 0 radical (unpaired) electrons. The molecule has 1 spiro atoms. The lowest BCUT2D eigenvalue weighted by Crippen LogP contribution is -2.45. The summed E-state index contributed by atoms with van der Waals surface area (Å²) in [7, 11) is 2.29. The topological polar surface area (TPSA) is 3.24 Å². The maximum atomic E-state index is 2.53. The molecule has 0 N–H and O–H groups in total. The van der Waals surface area contributed by atoms with E-state index in [0.717, 1.165) is 5.92 Å². The van der Waals surface area contributed by atoms with E-state index >= 15 is 0 Å². The van der Waals surface area contributed by atoms with E-state index in [2.05, 4.69) is 43.1 Å². The van der Waals surface area contributed by atoms with Crippen molar-refractivity contribution in [3.05, 3.63) is 35.4 Å². The second-order valence-corrected chi connectivity index (χ2v) is 6.90. The second-order valence-electron chi connectivity index (χ2n) is 6.90. The van der Waals surface area contributed by atoms with Crippen molar-refractivity contribution < 1.29 is 0 Å². The summed E-state index contributed by atoms with van der Waals surface area (Å²) in [6, 6.07) is 9.35. The molecular formula is C18H27N. The summed E-state index contributed by atoms with van der Waals surface area (Å²) in [6.45, 7) is 4.73. The summed E-state index contributed by atoms with van der Waals surface area (Å²) < 4.78 is 0. The van der Waals surface area contributed by atoms with Crippen molar-refractivity contribution in [2.45, 2.75) is 51.4 Å². The zero-order valence-electron chi connectivity index (χ0n) is 12.5. The molecule has 1 unspecified atom stereocenters. The first kappa shape index (κ1) is 13.2. The van der Waals surface area contributed by atoms with Crippen LogP contribution in [0, 0.1) is 12.3 Å². The van der Waals surface area contributed by atoms with Gasteiger partial charge in [0.05, 0.1) is 0 Å². The van der Waals surface area contributed by atoms with Crippen LogP contribution in [-0.4, -0.2) is 25.0 Å². The van der Waals surface area contributed by atoms with Gasteiger partial charge < -0.3 is 4.90 Å². The Bertz CT molecular complexity index is 414. The second kappa shape index (κ2) is 5.28. The predicted octanol–water partition coefficient (Wildman–Crippen LogP) is 4.36. The lowest BCUT2D eigenvalue weighted by molar-refractivity contribution is 0.0524. The van der Waals surface area contributed by atoms with Gasteiger partial charge in [-0.25, -0.2) is 0 Å². The van der Waals surface area contributed by atoms with Gasteiger partial charge in [-0.3, -0.25) is 0 Å². The largest absolute Gasteiger partial charge is 0.306 e. The van der Waals surface area contributed by atoms with Gasteiger partial charge in [-0.1, -0.05) is 49.1 Å². The van der Waals surface area contributed by atoms with Gasteiger partial charge in [0, 0.05) is 12.5 Å². The molecule has 0 bridgehead atoms. The molecule has 1 saturated carbocycles. The number of hydrogen-bond acceptors (Lipinski definition) is 1. The van der Waals surface area contributed by atoms with E-state index in [4.69, 9.17) is 0 Å². The average molecular weight is 257 g/mol. The van der Waals surface area contributed by atoms with Gasteiger partial charge in [-0.05, 0) is 50.8 Å². The van der Waals surface area contributed by atoms with Crippen molar-refractivity contribution in [3.8, 4) is 0 Å². The fourth-order valence-electron chi connectivity index (χ4n) is 4.30. The molecule has 2 aliphatic rings. The van der Waals surface area contributed by atoms with Crippen LogP contribution in [0.2, 0.25) is 0 Å². The molecule has 0 amide bonds. The summed E-state index contributed by atoms with van der Waals surface area (Å²) in [6.07, 6.45) is 8.68. The standard InChI is InChI=1S/C18H27N/c1-15-6-8-16(9-7-15)17-14-19(2)13-12-18(17)10-4-3-5-11-18/h6-9,17H,3-5,10-14H2,1-2H3. The maximum absolute atomic E-state index is 2.53. The Morgan fingerprint density at radius 3 is 2.37 bits per heavy atom. The van der Waals surface area contributed by atoms with Crippen LogP contribution in [0.15, 0.2) is 24.3 Å². The molecule has 1 aliphatic heterocycles. The van der Waals surface area contributed by atoms with Crippen molar-refractivity contribution in [3.63, 3.8) is 0 Å². The zero-order valence-corrected chi connectivity index (χ0v) is 12.5. The SMILES string of the molecule is Cc1ccc(C2CN(C)CCC23CCCCC3)cc1. The Morgan fingerprint density at radius 1 is 1.00 bits per heavy atom. The van der Waals surface area contributed by atoms with Crippen LogP contribution in [0.25, 0.3) is 0 Å². The Morgan fingerprint density at radius 2 is 1.68 bits per heavy atom. The summed E-state index contributed by atoms with van der Waals surface area (Å²) in [4.78, 5) is 2.53. The van der Waals surface area contributed by atoms with Gasteiger partial charge in [-0.2, -0.15) is 0 Å². The number of rotatable bonds is 1. The lowest BCUT2D eigenvalue weighted by atomic mass is 9.60. The molecule has 1 atom stereocenters. The van der Waals surface area contributed by atoms with E-state index in [1.807, 2.05) is 0 Å². The van der Waals surface area contributed by atoms with Crippen molar-refractivity contribution in [1.82, 2.24) is 4.90 Å². The number of benzene rings is 1. The molecule has 3 rings (SSSR count). The van der Waals surface area contributed by atoms with E-state index in [-0.39, 0.29) is 0 Å². The fraction of sp³-hybridized carbons (Fsp3) is 0.667. The predicted molar refractivity (Wildman–Crippen MR) is 81.6 cm³/mol. The molecule has 1 heteroatoms. The Kier molecular flexibility index (Phi) is 3.66. The van der Waals surface area contributed by atoms with Crippen molar-refractivity contribution in [1.29, 1.82) is 0 Å². The molecule has 104 valence electrons. The monoisotopic (exact) mass is 257 g/mol. The van der Waals surface area contributed by atoms with E-state index in [9.17, 15) is 0 Å². The number of aryl methyl sites for hydroxylation is 1. The first-order valence-corrected chi connectivity index (χ1v) is 7.95. The van der Waals surface area contributed by atoms with Crippen LogP contribution in [0.4, 0.5) is 0 Å². The van der Waals surface area contributed by atoms with Crippen LogP contribution in [-0.2, 0) is 0 Å². The average Bonchev–Trinajstić information content (AvgIpc) is 2.44. The fourth-order valence-corrected chi connectivity index (χ4v) is 4.30. The third kappa shape index (κ3) is 2.58. The highest BCUT2D eigenvalue weighted by Gasteiger charge is 2.43. The Labute approximate surface area is 118 Å². The normalized spacial score (nSPS) is 27.6. The van der Waals surface area contributed by atoms with Crippen LogP contribution < -0.4 is 0 Å². The summed E-state index contributed by atoms with van der Waals surface area (Å²) in [5.41, 5.74) is 3.57. The summed E-state index contributed by atoms with van der Waals surface area (Å²) >= 11 is 0. The molecule has 2 fully saturated rings. The van der Waals surface area contributed by atoms with Crippen LogP contribution in [0.5, 0.6) is 0 Å². The summed E-state index contributed by atoms with van der Waals surface area (Å²) in [5, 5.41) is 0. The van der Waals surface area contributed by atoms with Crippen molar-refractivity contribution >= 4 is 0 Å². The van der Waals surface area contributed by atoms with Gasteiger partial charge in [0.25, 0.3) is 0 Å². The van der Waals surface area contributed by atoms with Crippen LogP contribution >= 0.6 is 0 Å². The molecule has 19 heavy (non-hydrogen) atoms. The van der Waals surface area contributed by atoms with Gasteiger partial charge >= 0.3 is 0 Å². The molecule has 1 nitrogen and oxygen atoms in total. The molecule has 1 aliphatic carbocycles. The van der Waals surface area contributed by atoms with E-state index < -0.39 is 0 Å². The van der Waals surface area contributed by atoms with Gasteiger partial charge in [0.2, 0.25) is 0 Å². The maximum Gasteiger partial charge on any atom is 0.00526 e. The number of likely N-dealkylation sites (N-methyl/N-ethyl adjacent to an activating group) is 1. The Hall–Kier alpha value is -0.820. The molecule has 1 aromatic rings. The third-order valence-corrected chi connectivity index (χ3v) is 5.55. The van der Waals surface area contributed by atoms with Crippen LogP contribution in [0.1, 0.15) is 55.6 Å². The zero-order chi connectivity index (χ0) is 13.3. The van der Waals surface area contributed by atoms with E-state index in [1.165, 1.54) is 57.2 Å². The first-order chi connectivity index (χ1) is 9.20. The highest BCUT2D eigenvalue weighted by molar-refractivity contribution is 5.27. The molecule has 1 heterocycles. The number of piperidine rings is 1. The number of hydrogen-bond donors (Lipinski definition) is 0. The molecular weight excluding hydrogens is 230 g/mol. The van der Waals surface area contributed by atoms with Gasteiger partial charge in [0.15, 0.2) is 0 Å². The minimum atomic E-state index is 0.611. The van der Waals surface area contributed by atoms with Crippen LogP contribution in [0.3, 0.4) is 0 Å². The first-order valence-electron chi connectivity index (χ1n) is 7.95. The minimum Gasteiger partial charge on any atom is -0.306 e. The van der Waals surface area contributed by atoms with E-state index in [0.29, 0.717) is 5.41 Å². The van der Waals surface area contributed by atoms with Crippen molar-refractivity contribution in [2.75, 3.05) is 20.1 Å². The Balaban J connectivity index is 1.91. The molecule has 1 aromatic carbocycles. The van der Waals surface area contributed by atoms with Gasteiger partial charge in [-0.15, -0.1) is 0 Å². The molecule has 0 aromatic heterocycles. The highest BCUT2D eigenvalue weighted by atomic mass is 15.1.